The SMILES string of the molecule is COc1cccc(NC(=O)NC(Cc2ccc3c(c2)OCO3)Cc2ccc3c(c2)OCO3)c1. The molecule has 8 heteroatoms. The Bertz CT molecular complexity index is 1110. The van der Waals surface area contributed by atoms with Gasteiger partial charge in [-0.05, 0) is 60.4 Å². The van der Waals surface area contributed by atoms with Crippen molar-refractivity contribution in [3.05, 3.63) is 71.8 Å². The molecule has 2 heterocycles. The lowest BCUT2D eigenvalue weighted by Gasteiger charge is -2.20. The number of urea groups is 1. The molecule has 5 rings (SSSR count). The first-order valence-corrected chi connectivity index (χ1v) is 10.6. The van der Waals surface area contributed by atoms with E-state index < -0.39 is 0 Å². The highest BCUT2D eigenvalue weighted by Gasteiger charge is 2.20. The number of fused-ring (bicyclic) bond motifs is 2. The fourth-order valence-electron chi connectivity index (χ4n) is 3.93. The monoisotopic (exact) mass is 448 g/mol. The number of rotatable bonds is 7. The second kappa shape index (κ2) is 9.20. The van der Waals surface area contributed by atoms with Gasteiger partial charge >= 0.3 is 6.03 Å². The van der Waals surface area contributed by atoms with E-state index in [0.717, 1.165) is 34.1 Å². The van der Waals surface area contributed by atoms with Crippen molar-refractivity contribution in [2.45, 2.75) is 18.9 Å². The van der Waals surface area contributed by atoms with Crippen LogP contribution in [0.2, 0.25) is 0 Å². The van der Waals surface area contributed by atoms with Gasteiger partial charge in [-0.1, -0.05) is 18.2 Å². The molecule has 0 atom stereocenters. The molecular weight excluding hydrogens is 424 g/mol. The summed E-state index contributed by atoms with van der Waals surface area (Å²) in [5, 5.41) is 5.98. The van der Waals surface area contributed by atoms with Gasteiger partial charge in [0.2, 0.25) is 13.6 Å². The van der Waals surface area contributed by atoms with Crippen LogP contribution in [0.5, 0.6) is 28.7 Å². The number of ether oxygens (including phenoxy) is 5. The second-order valence-electron chi connectivity index (χ2n) is 7.81. The Kier molecular flexibility index (Phi) is 5.80. The molecule has 0 saturated heterocycles. The molecule has 0 fully saturated rings. The number of carbonyl (C=O) groups excluding carboxylic acids is 1. The van der Waals surface area contributed by atoms with Crippen LogP contribution in [0.15, 0.2) is 60.7 Å². The van der Waals surface area contributed by atoms with Crippen LogP contribution in [-0.4, -0.2) is 32.8 Å². The molecule has 0 aromatic heterocycles. The van der Waals surface area contributed by atoms with Crippen molar-refractivity contribution >= 4 is 11.7 Å². The third-order valence-corrected chi connectivity index (χ3v) is 5.50. The Morgan fingerprint density at radius 2 is 1.45 bits per heavy atom. The molecule has 3 aromatic rings. The summed E-state index contributed by atoms with van der Waals surface area (Å²) in [6, 6.07) is 18.4. The quantitative estimate of drug-likeness (QED) is 0.565. The van der Waals surface area contributed by atoms with Gasteiger partial charge in [0.25, 0.3) is 0 Å². The maximum Gasteiger partial charge on any atom is 0.319 e. The van der Waals surface area contributed by atoms with E-state index in [0.29, 0.717) is 24.3 Å². The van der Waals surface area contributed by atoms with Crippen LogP contribution >= 0.6 is 0 Å². The zero-order chi connectivity index (χ0) is 22.6. The fraction of sp³-hybridized carbons (Fsp3) is 0.240. The van der Waals surface area contributed by atoms with E-state index in [1.54, 1.807) is 13.2 Å². The van der Waals surface area contributed by atoms with Gasteiger partial charge in [-0.2, -0.15) is 0 Å². The molecule has 0 unspecified atom stereocenters. The Labute approximate surface area is 191 Å². The van der Waals surface area contributed by atoms with Gasteiger partial charge in [0.15, 0.2) is 23.0 Å². The Hall–Kier alpha value is -4.07. The maximum atomic E-state index is 12.8. The highest BCUT2D eigenvalue weighted by Crippen LogP contribution is 2.34. The van der Waals surface area contributed by atoms with Crippen LogP contribution < -0.4 is 34.3 Å². The lowest BCUT2D eigenvalue weighted by Crippen LogP contribution is -2.40. The predicted octanol–water partition coefficient (Wildman–Crippen LogP) is 4.13. The normalized spacial score (nSPS) is 13.2. The Morgan fingerprint density at radius 1 is 0.848 bits per heavy atom. The van der Waals surface area contributed by atoms with E-state index in [2.05, 4.69) is 10.6 Å². The molecule has 0 bridgehead atoms. The molecule has 0 radical (unpaired) electrons. The molecule has 2 amide bonds. The first-order chi connectivity index (χ1) is 16.2. The third kappa shape index (κ3) is 4.90. The van der Waals surface area contributed by atoms with Gasteiger partial charge in [-0.25, -0.2) is 4.79 Å². The van der Waals surface area contributed by atoms with Crippen molar-refractivity contribution in [3.63, 3.8) is 0 Å². The zero-order valence-corrected chi connectivity index (χ0v) is 18.1. The molecule has 2 N–H and O–H groups in total. The average molecular weight is 448 g/mol. The number of carbonyl (C=O) groups is 1. The van der Waals surface area contributed by atoms with Crippen LogP contribution in [0.3, 0.4) is 0 Å². The highest BCUT2D eigenvalue weighted by molar-refractivity contribution is 5.89. The van der Waals surface area contributed by atoms with Crippen LogP contribution in [0.25, 0.3) is 0 Å². The Morgan fingerprint density at radius 3 is 2.06 bits per heavy atom. The van der Waals surface area contributed by atoms with Gasteiger partial charge in [-0.15, -0.1) is 0 Å². The van der Waals surface area contributed by atoms with Crippen LogP contribution in [-0.2, 0) is 12.8 Å². The molecule has 2 aliphatic rings. The Balaban J connectivity index is 1.32. The summed E-state index contributed by atoms with van der Waals surface area (Å²) in [4.78, 5) is 12.8. The van der Waals surface area contributed by atoms with Crippen molar-refractivity contribution in [2.75, 3.05) is 26.0 Å². The second-order valence-corrected chi connectivity index (χ2v) is 7.81. The number of amides is 2. The van der Waals surface area contributed by atoms with Crippen LogP contribution in [0.1, 0.15) is 11.1 Å². The van der Waals surface area contributed by atoms with Gasteiger partial charge < -0.3 is 34.3 Å². The topological polar surface area (TPSA) is 87.3 Å². The minimum absolute atomic E-state index is 0.184. The third-order valence-electron chi connectivity index (χ3n) is 5.50. The van der Waals surface area contributed by atoms with Gasteiger partial charge in [0, 0.05) is 17.8 Å². The first-order valence-electron chi connectivity index (χ1n) is 10.6. The van der Waals surface area contributed by atoms with Crippen molar-refractivity contribution < 1.29 is 28.5 Å². The number of methoxy groups -OCH3 is 1. The van der Waals surface area contributed by atoms with Gasteiger partial charge in [0.1, 0.15) is 5.75 Å². The average Bonchev–Trinajstić information content (AvgIpc) is 3.47. The summed E-state index contributed by atoms with van der Waals surface area (Å²) in [7, 11) is 1.59. The summed E-state index contributed by atoms with van der Waals surface area (Å²) in [5.41, 5.74) is 2.72. The largest absolute Gasteiger partial charge is 0.497 e. The van der Waals surface area contributed by atoms with Gasteiger partial charge in [0.05, 0.1) is 7.11 Å². The number of benzene rings is 3. The highest BCUT2D eigenvalue weighted by atomic mass is 16.7. The lowest BCUT2D eigenvalue weighted by atomic mass is 9.98. The maximum absolute atomic E-state index is 12.8. The van der Waals surface area contributed by atoms with Crippen molar-refractivity contribution in [1.82, 2.24) is 5.32 Å². The number of anilines is 1. The number of hydrogen-bond donors (Lipinski definition) is 2. The molecule has 3 aromatic carbocycles. The smallest absolute Gasteiger partial charge is 0.319 e. The summed E-state index contributed by atoms with van der Waals surface area (Å²) < 4.78 is 27.1. The van der Waals surface area contributed by atoms with E-state index >= 15 is 0 Å². The van der Waals surface area contributed by atoms with E-state index in [1.165, 1.54) is 0 Å². The standard InChI is InChI=1S/C25H24N2O6/c1-29-20-4-2-3-18(13-20)26-25(28)27-19(9-16-5-7-21-23(11-16)32-14-30-21)10-17-6-8-22-24(12-17)33-15-31-22/h2-8,11-13,19H,9-10,14-15H2,1H3,(H2,26,27,28). The van der Waals surface area contributed by atoms with E-state index in [1.807, 2.05) is 54.6 Å². The van der Waals surface area contributed by atoms with Crippen molar-refractivity contribution in [2.24, 2.45) is 0 Å². The van der Waals surface area contributed by atoms with Crippen LogP contribution in [0.4, 0.5) is 10.5 Å². The molecular formula is C25H24N2O6. The predicted molar refractivity (Wildman–Crippen MR) is 121 cm³/mol. The van der Waals surface area contributed by atoms with Crippen LogP contribution in [0, 0.1) is 0 Å². The molecule has 0 spiro atoms. The molecule has 0 saturated carbocycles. The molecule has 170 valence electrons. The minimum Gasteiger partial charge on any atom is -0.497 e. The van der Waals surface area contributed by atoms with Crippen molar-refractivity contribution in [1.29, 1.82) is 0 Å². The van der Waals surface area contributed by atoms with E-state index in [4.69, 9.17) is 23.7 Å². The molecule has 33 heavy (non-hydrogen) atoms. The fourth-order valence-corrected chi connectivity index (χ4v) is 3.93. The first kappa shape index (κ1) is 20.8. The molecule has 0 aliphatic carbocycles. The lowest BCUT2D eigenvalue weighted by molar-refractivity contribution is 0.173. The number of hydrogen-bond acceptors (Lipinski definition) is 6. The minimum atomic E-state index is -0.297. The molecule has 2 aliphatic heterocycles. The van der Waals surface area contributed by atoms with E-state index in [9.17, 15) is 4.79 Å². The zero-order valence-electron chi connectivity index (χ0n) is 18.1. The summed E-state index contributed by atoms with van der Waals surface area (Å²) in [5.74, 6) is 3.57. The summed E-state index contributed by atoms with van der Waals surface area (Å²) in [6.07, 6.45) is 1.22. The van der Waals surface area contributed by atoms with Gasteiger partial charge in [-0.3, -0.25) is 0 Å². The van der Waals surface area contributed by atoms with E-state index in [-0.39, 0.29) is 25.7 Å². The summed E-state index contributed by atoms with van der Waals surface area (Å²) in [6.45, 7) is 0.446. The van der Waals surface area contributed by atoms with Crippen molar-refractivity contribution in [3.8, 4) is 28.7 Å². The molecule has 8 nitrogen and oxygen atoms in total. The summed E-state index contributed by atoms with van der Waals surface area (Å²) >= 11 is 0. The number of nitrogens with one attached hydrogen (secondary N) is 2.